The third-order valence-corrected chi connectivity index (χ3v) is 7.34. The average molecular weight is 672 g/mol. The van der Waals surface area contributed by atoms with Crippen LogP contribution in [0.5, 0.6) is 11.5 Å². The maximum Gasteiger partial charge on any atom is 0.235 e. The minimum Gasteiger partial charge on any atom is -0.493 e. The number of carbonyl (C=O) groups excluding carboxylic acids is 2. The van der Waals surface area contributed by atoms with E-state index in [4.69, 9.17) is 9.47 Å². The first-order valence-corrected chi connectivity index (χ1v) is 15.5. The van der Waals surface area contributed by atoms with E-state index in [2.05, 4.69) is 42.5 Å². The number of rotatable bonds is 18. The Labute approximate surface area is 248 Å². The first-order chi connectivity index (χ1) is 18.8. The molecular formula is C29H40Br2N2O6. The Bertz CT molecular complexity index is 922. The lowest BCUT2D eigenvalue weighted by Crippen LogP contribution is -2.56. The number of hydrogen-bond donors (Lipinski definition) is 4. The van der Waals surface area contributed by atoms with Crippen LogP contribution in [0.3, 0.4) is 0 Å². The number of aliphatic hydroxyl groups is 2. The molecule has 4 N–H and O–H groups in total. The molecule has 10 heteroatoms. The van der Waals surface area contributed by atoms with Gasteiger partial charge in [-0.15, -0.1) is 0 Å². The van der Waals surface area contributed by atoms with Gasteiger partial charge in [-0.05, 0) is 61.1 Å². The summed E-state index contributed by atoms with van der Waals surface area (Å²) in [5.74, 6) is 0.609. The molecule has 216 valence electrons. The summed E-state index contributed by atoms with van der Waals surface area (Å²) in [7, 11) is 0. The van der Waals surface area contributed by atoms with Crippen LogP contribution in [-0.4, -0.2) is 71.2 Å². The van der Waals surface area contributed by atoms with Crippen molar-refractivity contribution in [1.29, 1.82) is 0 Å². The molecule has 0 saturated carbocycles. The van der Waals surface area contributed by atoms with E-state index in [1.165, 1.54) is 0 Å². The van der Waals surface area contributed by atoms with Crippen LogP contribution in [0.2, 0.25) is 0 Å². The molecule has 0 fully saturated rings. The SMILES string of the molecule is CCC(CC)(C(=O)N[C@H](CO)Cc1ccc(OCCBr)cc1)C(=O)N[C@H](CO)Cc1ccc(OCCBr)cc1. The van der Waals surface area contributed by atoms with Gasteiger partial charge in [-0.2, -0.15) is 0 Å². The van der Waals surface area contributed by atoms with Crippen LogP contribution in [0.15, 0.2) is 48.5 Å². The van der Waals surface area contributed by atoms with Crippen molar-refractivity contribution in [2.45, 2.75) is 51.6 Å². The first-order valence-electron chi connectivity index (χ1n) is 13.2. The summed E-state index contributed by atoms with van der Waals surface area (Å²) >= 11 is 6.65. The van der Waals surface area contributed by atoms with Gasteiger partial charge in [0.15, 0.2) is 0 Å². The van der Waals surface area contributed by atoms with Crippen LogP contribution in [0, 0.1) is 5.41 Å². The molecule has 0 aliphatic heterocycles. The quantitative estimate of drug-likeness (QED) is 0.142. The highest BCUT2D eigenvalue weighted by Gasteiger charge is 2.43. The van der Waals surface area contributed by atoms with Crippen molar-refractivity contribution in [3.63, 3.8) is 0 Å². The third kappa shape index (κ3) is 10.1. The maximum atomic E-state index is 13.5. The highest BCUT2D eigenvalue weighted by Crippen LogP contribution is 2.28. The summed E-state index contributed by atoms with van der Waals surface area (Å²) in [6.07, 6.45) is 1.36. The molecule has 2 aromatic carbocycles. The van der Waals surface area contributed by atoms with E-state index in [0.717, 1.165) is 33.3 Å². The second kappa shape index (κ2) is 17.5. The van der Waals surface area contributed by atoms with Crippen molar-refractivity contribution in [2.24, 2.45) is 5.41 Å². The summed E-state index contributed by atoms with van der Waals surface area (Å²) in [5, 5.41) is 27.2. The Kier molecular flexibility index (Phi) is 14.9. The molecule has 2 amide bonds. The number of hydrogen-bond acceptors (Lipinski definition) is 6. The zero-order chi connectivity index (χ0) is 28.7. The van der Waals surface area contributed by atoms with Crippen LogP contribution < -0.4 is 20.1 Å². The van der Waals surface area contributed by atoms with E-state index in [1.807, 2.05) is 48.5 Å². The lowest BCUT2D eigenvalue weighted by atomic mass is 9.79. The van der Waals surface area contributed by atoms with Crippen molar-refractivity contribution in [3.05, 3.63) is 59.7 Å². The van der Waals surface area contributed by atoms with Gasteiger partial charge in [-0.3, -0.25) is 9.59 Å². The Balaban J connectivity index is 2.05. The number of benzene rings is 2. The first kappa shape index (κ1) is 33.1. The molecular weight excluding hydrogens is 632 g/mol. The largest absolute Gasteiger partial charge is 0.493 e. The van der Waals surface area contributed by atoms with Gasteiger partial charge >= 0.3 is 0 Å². The fraction of sp³-hybridized carbons (Fsp3) is 0.517. The molecule has 0 aromatic heterocycles. The highest BCUT2D eigenvalue weighted by atomic mass is 79.9. The zero-order valence-electron chi connectivity index (χ0n) is 22.6. The Hall–Kier alpha value is -2.14. The molecule has 8 nitrogen and oxygen atoms in total. The van der Waals surface area contributed by atoms with Crippen molar-refractivity contribution in [3.8, 4) is 11.5 Å². The predicted molar refractivity (Wildman–Crippen MR) is 160 cm³/mol. The van der Waals surface area contributed by atoms with Gasteiger partial charge in [0, 0.05) is 10.7 Å². The highest BCUT2D eigenvalue weighted by molar-refractivity contribution is 9.09. The second-order valence-electron chi connectivity index (χ2n) is 9.27. The number of alkyl halides is 2. The summed E-state index contributed by atoms with van der Waals surface area (Å²) < 4.78 is 11.1. The number of aliphatic hydroxyl groups excluding tert-OH is 2. The van der Waals surface area contributed by atoms with Gasteiger partial charge < -0.3 is 30.3 Å². The van der Waals surface area contributed by atoms with E-state index in [0.29, 0.717) is 26.1 Å². The van der Waals surface area contributed by atoms with Crippen LogP contribution >= 0.6 is 31.9 Å². The summed E-state index contributed by atoms with van der Waals surface area (Å²) in [6.45, 7) is 4.16. The van der Waals surface area contributed by atoms with E-state index < -0.39 is 29.3 Å². The molecule has 0 unspecified atom stereocenters. The molecule has 0 saturated heterocycles. The summed E-state index contributed by atoms with van der Waals surface area (Å²) in [5.41, 5.74) is 0.516. The smallest absolute Gasteiger partial charge is 0.235 e. The fourth-order valence-corrected chi connectivity index (χ4v) is 4.61. The van der Waals surface area contributed by atoms with Crippen LogP contribution in [-0.2, 0) is 22.4 Å². The number of carbonyl (C=O) groups is 2. The maximum absolute atomic E-state index is 13.5. The summed E-state index contributed by atoms with van der Waals surface area (Å²) in [4.78, 5) is 26.9. The van der Waals surface area contributed by atoms with E-state index in [-0.39, 0.29) is 26.1 Å². The van der Waals surface area contributed by atoms with Crippen molar-refractivity contribution >= 4 is 43.7 Å². The molecule has 2 rings (SSSR count). The monoisotopic (exact) mass is 670 g/mol. The molecule has 0 aliphatic rings. The van der Waals surface area contributed by atoms with Crippen LogP contribution in [0.4, 0.5) is 0 Å². The summed E-state index contributed by atoms with van der Waals surface area (Å²) in [6, 6.07) is 13.9. The Morgan fingerprint density at radius 2 is 1.10 bits per heavy atom. The predicted octanol–water partition coefficient (Wildman–Crippen LogP) is 3.78. The average Bonchev–Trinajstić information content (AvgIpc) is 2.96. The minimum absolute atomic E-state index is 0.271. The number of ether oxygens (including phenoxy) is 2. The van der Waals surface area contributed by atoms with Crippen molar-refractivity contribution in [1.82, 2.24) is 10.6 Å². The van der Waals surface area contributed by atoms with Gasteiger partial charge in [-0.1, -0.05) is 70.0 Å². The number of halogens is 2. The third-order valence-electron chi connectivity index (χ3n) is 6.69. The molecule has 0 bridgehead atoms. The molecule has 2 atom stereocenters. The minimum atomic E-state index is -1.33. The normalized spacial score (nSPS) is 12.9. The molecule has 0 heterocycles. The fourth-order valence-electron chi connectivity index (χ4n) is 4.29. The zero-order valence-corrected chi connectivity index (χ0v) is 25.8. The van der Waals surface area contributed by atoms with Gasteiger partial charge in [0.25, 0.3) is 0 Å². The molecule has 0 radical (unpaired) electrons. The van der Waals surface area contributed by atoms with Gasteiger partial charge in [-0.25, -0.2) is 0 Å². The standard InChI is InChI=1S/C29H40Br2N2O6/c1-3-29(4-2,27(36)32-23(19-34)17-21-5-9-25(10-6-21)38-15-13-30)28(37)33-24(20-35)18-22-7-11-26(12-8-22)39-16-14-31/h5-12,23-24,34-35H,3-4,13-20H2,1-2H3,(H,32,36)(H,33,37)/t23-,24-/m0/s1. The van der Waals surface area contributed by atoms with Gasteiger partial charge in [0.1, 0.15) is 16.9 Å². The Morgan fingerprint density at radius 3 is 1.38 bits per heavy atom. The molecule has 39 heavy (non-hydrogen) atoms. The van der Waals surface area contributed by atoms with E-state index >= 15 is 0 Å². The van der Waals surface area contributed by atoms with Crippen LogP contribution in [0.1, 0.15) is 37.8 Å². The molecule has 0 aliphatic carbocycles. The lowest BCUT2D eigenvalue weighted by molar-refractivity contribution is -0.145. The Morgan fingerprint density at radius 1 is 0.744 bits per heavy atom. The van der Waals surface area contributed by atoms with Crippen LogP contribution in [0.25, 0.3) is 0 Å². The second-order valence-corrected chi connectivity index (χ2v) is 10.9. The number of amides is 2. The van der Waals surface area contributed by atoms with E-state index in [1.54, 1.807) is 13.8 Å². The topological polar surface area (TPSA) is 117 Å². The van der Waals surface area contributed by atoms with Crippen molar-refractivity contribution in [2.75, 3.05) is 37.1 Å². The van der Waals surface area contributed by atoms with Crippen molar-refractivity contribution < 1.29 is 29.3 Å². The van der Waals surface area contributed by atoms with Gasteiger partial charge in [0.2, 0.25) is 11.8 Å². The molecule has 2 aromatic rings. The molecule has 0 spiro atoms. The lowest BCUT2D eigenvalue weighted by Gasteiger charge is -2.32. The van der Waals surface area contributed by atoms with Gasteiger partial charge in [0.05, 0.1) is 38.5 Å². The number of nitrogens with one attached hydrogen (secondary N) is 2. The van der Waals surface area contributed by atoms with E-state index in [9.17, 15) is 19.8 Å².